The first-order chi connectivity index (χ1) is 12.4. The normalized spacial score (nSPS) is 19.4. The molecule has 2 aromatic heterocycles. The number of rotatable bonds is 7. The van der Waals surface area contributed by atoms with Crippen molar-refractivity contribution in [2.24, 2.45) is 0 Å². The first-order valence-electron chi connectivity index (χ1n) is 8.56. The summed E-state index contributed by atoms with van der Waals surface area (Å²) in [6.45, 7) is 0.175. The quantitative estimate of drug-likeness (QED) is 0.728. The Kier molecular flexibility index (Phi) is 7.79. The second-order valence-corrected chi connectivity index (χ2v) is 9.89. The van der Waals surface area contributed by atoms with E-state index in [0.717, 1.165) is 5.69 Å². The molecule has 1 aliphatic rings. The van der Waals surface area contributed by atoms with E-state index in [2.05, 4.69) is 10.3 Å². The maximum absolute atomic E-state index is 12.6. The maximum atomic E-state index is 12.6. The van der Waals surface area contributed by atoms with E-state index >= 15 is 0 Å². The lowest BCUT2D eigenvalue weighted by Crippen LogP contribution is -2.42. The number of pyridine rings is 1. The Morgan fingerprint density at radius 2 is 2.19 bits per heavy atom. The maximum Gasteiger partial charge on any atom is 0.234 e. The number of nitrogens with one attached hydrogen (secondary N) is 1. The van der Waals surface area contributed by atoms with Crippen molar-refractivity contribution in [3.63, 3.8) is 0 Å². The van der Waals surface area contributed by atoms with Gasteiger partial charge in [-0.25, -0.2) is 8.42 Å². The molecule has 2 atom stereocenters. The molecule has 3 rings (SSSR count). The lowest BCUT2D eigenvalue weighted by atomic mass is 10.1. The fourth-order valence-electron chi connectivity index (χ4n) is 3.16. The summed E-state index contributed by atoms with van der Waals surface area (Å²) in [7, 11) is -1.15. The van der Waals surface area contributed by atoms with Crippen molar-refractivity contribution in [2.45, 2.75) is 24.9 Å². The van der Waals surface area contributed by atoms with E-state index in [1.165, 1.54) is 4.88 Å². The highest BCUT2D eigenvalue weighted by atomic mass is 35.5. The third-order valence-electron chi connectivity index (χ3n) is 4.59. The van der Waals surface area contributed by atoms with Crippen LogP contribution in [0.25, 0.3) is 0 Å². The number of nitrogens with zero attached hydrogens (tertiary/aromatic N) is 2. The average molecular weight is 430 g/mol. The molecule has 1 aliphatic heterocycles. The Hall–Kier alpha value is -1.48. The molecule has 0 aromatic carbocycles. The Morgan fingerprint density at radius 3 is 2.78 bits per heavy atom. The van der Waals surface area contributed by atoms with Crippen LogP contribution < -0.4 is 5.32 Å². The van der Waals surface area contributed by atoms with Crippen LogP contribution in [0.15, 0.2) is 41.9 Å². The van der Waals surface area contributed by atoms with E-state index in [9.17, 15) is 13.2 Å². The van der Waals surface area contributed by atoms with Gasteiger partial charge in [0.1, 0.15) is 0 Å². The van der Waals surface area contributed by atoms with E-state index in [1.807, 2.05) is 40.6 Å². The predicted molar refractivity (Wildman–Crippen MR) is 110 cm³/mol. The zero-order valence-electron chi connectivity index (χ0n) is 15.1. The summed E-state index contributed by atoms with van der Waals surface area (Å²) >= 11 is 1.65. The van der Waals surface area contributed by atoms with Crippen LogP contribution in [0, 0.1) is 0 Å². The van der Waals surface area contributed by atoms with Crippen molar-refractivity contribution < 1.29 is 13.2 Å². The van der Waals surface area contributed by atoms with Gasteiger partial charge in [0.05, 0.1) is 29.8 Å². The van der Waals surface area contributed by atoms with Crippen LogP contribution in [0.2, 0.25) is 0 Å². The standard InChI is InChI=1S/C18H23N3O3S2.ClH/c1-21(14-7-10-26(23,24)13-14)12-18(22)20-17(11-15-5-4-9-25-15)16-6-2-3-8-19-16;/h2-6,8-9,14,17H,7,10-13H2,1H3,(H,20,22);1H. The highest BCUT2D eigenvalue weighted by Crippen LogP contribution is 2.20. The molecule has 0 bridgehead atoms. The van der Waals surface area contributed by atoms with Gasteiger partial charge in [-0.15, -0.1) is 23.7 Å². The molecular weight excluding hydrogens is 406 g/mol. The smallest absolute Gasteiger partial charge is 0.234 e. The number of likely N-dealkylation sites (N-methyl/N-ethyl adjacent to an activating group) is 1. The lowest BCUT2D eigenvalue weighted by molar-refractivity contribution is -0.123. The second kappa shape index (κ2) is 9.64. The van der Waals surface area contributed by atoms with Crippen LogP contribution in [-0.2, 0) is 21.1 Å². The molecule has 1 fully saturated rings. The topological polar surface area (TPSA) is 79.4 Å². The van der Waals surface area contributed by atoms with E-state index in [4.69, 9.17) is 0 Å². The summed E-state index contributed by atoms with van der Waals surface area (Å²) in [4.78, 5) is 20.0. The van der Waals surface area contributed by atoms with E-state index < -0.39 is 9.84 Å². The fraction of sp³-hybridized carbons (Fsp3) is 0.444. The Morgan fingerprint density at radius 1 is 1.37 bits per heavy atom. The summed E-state index contributed by atoms with van der Waals surface area (Å²) in [5.74, 6) is 0.220. The number of aromatic nitrogens is 1. The highest BCUT2D eigenvalue weighted by molar-refractivity contribution is 7.91. The van der Waals surface area contributed by atoms with Crippen LogP contribution in [0.5, 0.6) is 0 Å². The van der Waals surface area contributed by atoms with E-state index in [0.29, 0.717) is 12.8 Å². The molecule has 27 heavy (non-hydrogen) atoms. The first-order valence-corrected chi connectivity index (χ1v) is 11.3. The molecule has 9 heteroatoms. The van der Waals surface area contributed by atoms with Gasteiger partial charge in [-0.05, 0) is 37.0 Å². The van der Waals surface area contributed by atoms with Gasteiger partial charge >= 0.3 is 0 Å². The monoisotopic (exact) mass is 429 g/mol. The SMILES string of the molecule is CN(CC(=O)NC(Cc1cccs1)c1ccccn1)C1CCS(=O)(=O)C1.Cl. The van der Waals surface area contributed by atoms with Gasteiger partial charge in [0, 0.05) is 23.5 Å². The Balaban J connectivity index is 0.00000261. The fourth-order valence-corrected chi connectivity index (χ4v) is 5.72. The van der Waals surface area contributed by atoms with Gasteiger partial charge in [-0.1, -0.05) is 12.1 Å². The number of halogens is 1. The second-order valence-electron chi connectivity index (χ2n) is 6.63. The summed E-state index contributed by atoms with van der Waals surface area (Å²) < 4.78 is 23.3. The Labute approximate surface area is 170 Å². The van der Waals surface area contributed by atoms with Crippen LogP contribution in [0.1, 0.15) is 23.0 Å². The summed E-state index contributed by atoms with van der Waals surface area (Å²) in [5.41, 5.74) is 0.820. The molecular formula is C18H24ClN3O3S2. The van der Waals surface area contributed by atoms with Crippen molar-refractivity contribution in [2.75, 3.05) is 25.1 Å². The van der Waals surface area contributed by atoms with Crippen molar-refractivity contribution in [1.29, 1.82) is 0 Å². The van der Waals surface area contributed by atoms with E-state index in [1.54, 1.807) is 24.6 Å². The number of carbonyl (C=O) groups excluding carboxylic acids is 1. The van der Waals surface area contributed by atoms with Crippen molar-refractivity contribution in [3.8, 4) is 0 Å². The van der Waals surface area contributed by atoms with Crippen molar-refractivity contribution in [1.82, 2.24) is 15.2 Å². The number of carbonyl (C=O) groups is 1. The molecule has 0 aliphatic carbocycles. The molecule has 6 nitrogen and oxygen atoms in total. The number of amides is 1. The molecule has 2 unspecified atom stereocenters. The Bertz CT molecular complexity index is 829. The third-order valence-corrected chi connectivity index (χ3v) is 7.24. The molecule has 0 radical (unpaired) electrons. The molecule has 1 amide bonds. The van der Waals surface area contributed by atoms with Crippen LogP contribution in [-0.4, -0.2) is 55.3 Å². The minimum Gasteiger partial charge on any atom is -0.346 e. The molecule has 0 saturated carbocycles. The van der Waals surface area contributed by atoms with Gasteiger partial charge in [0.15, 0.2) is 9.84 Å². The number of hydrogen-bond acceptors (Lipinski definition) is 6. The number of thiophene rings is 1. The van der Waals surface area contributed by atoms with Gasteiger partial charge in [-0.2, -0.15) is 0 Å². The zero-order chi connectivity index (χ0) is 18.6. The lowest BCUT2D eigenvalue weighted by Gasteiger charge is -2.24. The molecule has 3 heterocycles. The summed E-state index contributed by atoms with van der Waals surface area (Å²) in [6, 6.07) is 9.41. The van der Waals surface area contributed by atoms with Gasteiger partial charge in [0.25, 0.3) is 0 Å². The van der Waals surface area contributed by atoms with E-state index in [-0.39, 0.29) is 48.4 Å². The molecule has 2 aromatic rings. The van der Waals surface area contributed by atoms with Gasteiger partial charge in [0.2, 0.25) is 5.91 Å². The highest BCUT2D eigenvalue weighted by Gasteiger charge is 2.31. The van der Waals surface area contributed by atoms with Crippen molar-refractivity contribution in [3.05, 3.63) is 52.5 Å². The van der Waals surface area contributed by atoms with Gasteiger partial charge < -0.3 is 5.32 Å². The minimum absolute atomic E-state index is 0. The van der Waals surface area contributed by atoms with Crippen LogP contribution in [0.3, 0.4) is 0 Å². The first kappa shape index (κ1) is 21.8. The van der Waals surface area contributed by atoms with Gasteiger partial charge in [-0.3, -0.25) is 14.7 Å². The predicted octanol–water partition coefficient (Wildman–Crippen LogP) is 2.08. The number of hydrogen-bond donors (Lipinski definition) is 1. The third kappa shape index (κ3) is 6.27. The molecule has 1 N–H and O–H groups in total. The van der Waals surface area contributed by atoms with Crippen LogP contribution in [0.4, 0.5) is 0 Å². The van der Waals surface area contributed by atoms with Crippen LogP contribution >= 0.6 is 23.7 Å². The van der Waals surface area contributed by atoms with Crippen molar-refractivity contribution >= 4 is 39.5 Å². The molecule has 1 saturated heterocycles. The number of sulfone groups is 1. The average Bonchev–Trinajstić information content (AvgIpc) is 3.24. The zero-order valence-corrected chi connectivity index (χ0v) is 17.5. The summed E-state index contributed by atoms with van der Waals surface area (Å²) in [5, 5.41) is 5.08. The largest absolute Gasteiger partial charge is 0.346 e. The summed E-state index contributed by atoms with van der Waals surface area (Å²) in [6.07, 6.45) is 2.99. The molecule has 148 valence electrons. The molecule has 0 spiro atoms. The minimum atomic E-state index is -2.96.